The van der Waals surface area contributed by atoms with Gasteiger partial charge in [0.25, 0.3) is 0 Å². The molecule has 10 rings (SSSR count). The molecule has 0 bridgehead atoms. The highest BCUT2D eigenvalue weighted by Crippen LogP contribution is 2.68. The smallest absolute Gasteiger partial charge is 0.194 e. The summed E-state index contributed by atoms with van der Waals surface area (Å²) in [5, 5.41) is 8.86. The van der Waals surface area contributed by atoms with Gasteiger partial charge in [0.05, 0.1) is 11.1 Å². The van der Waals surface area contributed by atoms with Crippen LogP contribution in [0.2, 0.25) is 0 Å². The Kier molecular flexibility index (Phi) is 5.03. The first-order valence-electron chi connectivity index (χ1n) is 15.1. The van der Waals surface area contributed by atoms with Gasteiger partial charge in [-0.1, -0.05) is 72.8 Å². The van der Waals surface area contributed by atoms with Crippen LogP contribution in [0.15, 0.2) is 84.9 Å². The predicted octanol–water partition coefficient (Wildman–Crippen LogP) is 13.5. The SMILES string of the molecule is Cc1cccc2c1ccc1ccc3sc4c5c(c6sc7ccc8ccc9c(C)cccc9c8c7c6c4c3c12)C(F)(F)C(F)(F)C5(F)F. The van der Waals surface area contributed by atoms with Crippen molar-refractivity contribution in [3.63, 3.8) is 0 Å². The molecular formula is C39H20F6S2. The van der Waals surface area contributed by atoms with Gasteiger partial charge in [-0.3, -0.25) is 0 Å². The highest BCUT2D eigenvalue weighted by molar-refractivity contribution is 7.28. The predicted molar refractivity (Wildman–Crippen MR) is 184 cm³/mol. The van der Waals surface area contributed by atoms with Gasteiger partial charge in [0.2, 0.25) is 0 Å². The zero-order chi connectivity index (χ0) is 32.4. The molecule has 2 heterocycles. The summed E-state index contributed by atoms with van der Waals surface area (Å²) in [5.41, 5.74) is -0.465. The van der Waals surface area contributed by atoms with Crippen molar-refractivity contribution in [1.29, 1.82) is 0 Å². The second-order valence-corrected chi connectivity index (χ2v) is 14.7. The summed E-state index contributed by atoms with van der Waals surface area (Å²) in [6.07, 6.45) is 0. The maximum Gasteiger partial charge on any atom is 0.380 e. The number of hydrogen-bond acceptors (Lipinski definition) is 2. The number of thiophene rings is 2. The number of fused-ring (bicyclic) bond motifs is 18. The Balaban J connectivity index is 1.60. The molecule has 2 aromatic heterocycles. The summed E-state index contributed by atoms with van der Waals surface area (Å²) >= 11 is 1.79. The average molecular weight is 667 g/mol. The van der Waals surface area contributed by atoms with Crippen LogP contribution >= 0.6 is 22.7 Å². The molecule has 0 spiro atoms. The largest absolute Gasteiger partial charge is 0.380 e. The van der Waals surface area contributed by atoms with Gasteiger partial charge in [-0.05, 0) is 80.2 Å². The quantitative estimate of drug-likeness (QED) is 0.112. The number of halogens is 6. The van der Waals surface area contributed by atoms with E-state index in [0.29, 0.717) is 30.9 Å². The van der Waals surface area contributed by atoms with Gasteiger partial charge in [0.15, 0.2) is 0 Å². The second kappa shape index (κ2) is 8.54. The lowest BCUT2D eigenvalue weighted by atomic mass is 9.91. The highest BCUT2D eigenvalue weighted by Gasteiger charge is 2.80. The fraction of sp³-hybridized carbons (Fsp3) is 0.128. The molecule has 9 aromatic rings. The molecule has 1 aliphatic rings. The van der Waals surface area contributed by atoms with Crippen molar-refractivity contribution in [2.45, 2.75) is 31.6 Å². The van der Waals surface area contributed by atoms with Gasteiger partial charge in [-0.2, -0.15) is 26.3 Å². The standard InChI is InChI=1S/C39H20F6S2/c1-17-5-3-7-23-21(17)13-9-19-11-15-25-29(27(19)23)31-32-30-26(16-12-20-10-14-22-18(2)6-4-8-24(22)28(20)30)47-36(32)34-33(35(31)46-25)37(40,41)39(44,45)38(34,42)43/h3-16H,1-2H3. The minimum absolute atomic E-state index is 0.213. The van der Waals surface area contributed by atoms with Crippen molar-refractivity contribution in [3.8, 4) is 0 Å². The van der Waals surface area contributed by atoms with Gasteiger partial charge in [0.1, 0.15) is 0 Å². The van der Waals surface area contributed by atoms with Crippen LogP contribution in [-0.2, 0) is 11.8 Å². The number of aryl methyl sites for hydroxylation is 2. The van der Waals surface area contributed by atoms with Crippen LogP contribution in [0.1, 0.15) is 22.3 Å². The van der Waals surface area contributed by atoms with Crippen molar-refractivity contribution < 1.29 is 26.3 Å². The summed E-state index contributed by atoms with van der Waals surface area (Å²) in [6, 6.07) is 27.0. The molecule has 8 heteroatoms. The summed E-state index contributed by atoms with van der Waals surface area (Å²) < 4.78 is 95.3. The second-order valence-electron chi connectivity index (χ2n) is 12.6. The Labute approximate surface area is 270 Å². The molecule has 1 aliphatic carbocycles. The zero-order valence-electron chi connectivity index (χ0n) is 24.7. The van der Waals surface area contributed by atoms with Gasteiger partial charge >= 0.3 is 17.8 Å². The molecule has 0 fully saturated rings. The van der Waals surface area contributed by atoms with E-state index < -0.39 is 28.9 Å². The van der Waals surface area contributed by atoms with Gasteiger partial charge in [0, 0.05) is 40.3 Å². The Morgan fingerprint density at radius 2 is 0.830 bits per heavy atom. The number of rotatable bonds is 0. The minimum Gasteiger partial charge on any atom is -0.194 e. The molecule has 7 aromatic carbocycles. The molecule has 0 radical (unpaired) electrons. The maximum absolute atomic E-state index is 16.0. The van der Waals surface area contributed by atoms with Gasteiger partial charge in [-0.15, -0.1) is 22.7 Å². The Morgan fingerprint density at radius 3 is 1.26 bits per heavy atom. The molecule has 230 valence electrons. The van der Waals surface area contributed by atoms with Crippen molar-refractivity contribution in [3.05, 3.63) is 107 Å². The van der Waals surface area contributed by atoms with E-state index in [1.807, 2.05) is 86.6 Å². The fourth-order valence-electron chi connectivity index (χ4n) is 8.03. The monoisotopic (exact) mass is 666 g/mol. The summed E-state index contributed by atoms with van der Waals surface area (Å²) in [5.74, 6) is -15.8. The lowest BCUT2D eigenvalue weighted by Crippen LogP contribution is -2.43. The molecule has 0 N–H and O–H groups in total. The van der Waals surface area contributed by atoms with Gasteiger partial charge in [-0.25, -0.2) is 0 Å². The van der Waals surface area contributed by atoms with Crippen molar-refractivity contribution in [1.82, 2.24) is 0 Å². The van der Waals surface area contributed by atoms with E-state index in [1.54, 1.807) is 12.1 Å². The van der Waals surface area contributed by atoms with Crippen LogP contribution in [0.25, 0.3) is 83.4 Å². The molecule has 0 aliphatic heterocycles. The lowest BCUT2D eigenvalue weighted by molar-refractivity contribution is -0.301. The average Bonchev–Trinajstić information content (AvgIpc) is 3.64. The van der Waals surface area contributed by atoms with Crippen molar-refractivity contribution >= 4 is 106 Å². The topological polar surface area (TPSA) is 0 Å². The third-order valence-corrected chi connectivity index (χ3v) is 12.5. The molecule has 0 saturated carbocycles. The minimum atomic E-state index is -5.60. The number of benzene rings is 7. The van der Waals surface area contributed by atoms with E-state index >= 15 is 26.3 Å². The Hall–Kier alpha value is -4.40. The molecule has 0 atom stereocenters. The van der Waals surface area contributed by atoms with Crippen LogP contribution in [-0.4, -0.2) is 5.92 Å². The molecule has 0 amide bonds. The third-order valence-electron chi connectivity index (χ3n) is 10.2. The summed E-state index contributed by atoms with van der Waals surface area (Å²) in [4.78, 5) is 0. The van der Waals surface area contributed by atoms with E-state index in [-0.39, 0.29) is 9.40 Å². The van der Waals surface area contributed by atoms with Crippen LogP contribution in [0, 0.1) is 13.8 Å². The first kappa shape index (κ1) is 27.7. The van der Waals surface area contributed by atoms with Crippen LogP contribution < -0.4 is 0 Å². The zero-order valence-corrected chi connectivity index (χ0v) is 26.3. The highest BCUT2D eigenvalue weighted by atomic mass is 32.1. The molecule has 0 nitrogen and oxygen atoms in total. The molecule has 0 unspecified atom stereocenters. The van der Waals surface area contributed by atoms with E-state index in [4.69, 9.17) is 0 Å². The number of alkyl halides is 6. The Bertz CT molecular complexity index is 2710. The van der Waals surface area contributed by atoms with Gasteiger partial charge < -0.3 is 0 Å². The number of hydrogen-bond donors (Lipinski definition) is 0. The molecular weight excluding hydrogens is 647 g/mol. The molecule has 0 saturated heterocycles. The van der Waals surface area contributed by atoms with E-state index in [1.165, 1.54) is 0 Å². The van der Waals surface area contributed by atoms with Crippen LogP contribution in [0.5, 0.6) is 0 Å². The molecule has 47 heavy (non-hydrogen) atoms. The first-order chi connectivity index (χ1) is 22.4. The summed E-state index contributed by atoms with van der Waals surface area (Å²) in [7, 11) is 0. The van der Waals surface area contributed by atoms with E-state index in [9.17, 15) is 0 Å². The third kappa shape index (κ3) is 3.08. The van der Waals surface area contributed by atoms with Crippen LogP contribution in [0.4, 0.5) is 26.3 Å². The Morgan fingerprint density at radius 1 is 0.426 bits per heavy atom. The van der Waals surface area contributed by atoms with Crippen molar-refractivity contribution in [2.75, 3.05) is 0 Å². The lowest BCUT2D eigenvalue weighted by Gasteiger charge is -2.23. The van der Waals surface area contributed by atoms with Crippen LogP contribution in [0.3, 0.4) is 0 Å². The maximum atomic E-state index is 16.0. The van der Waals surface area contributed by atoms with E-state index in [0.717, 1.165) is 76.9 Å². The summed E-state index contributed by atoms with van der Waals surface area (Å²) in [6.45, 7) is 3.98. The first-order valence-corrected chi connectivity index (χ1v) is 16.7. The van der Waals surface area contributed by atoms with Crippen molar-refractivity contribution in [2.24, 2.45) is 0 Å². The van der Waals surface area contributed by atoms with E-state index in [2.05, 4.69) is 0 Å². The fourth-order valence-corrected chi connectivity index (χ4v) is 10.6. The normalized spacial score (nSPS) is 17.0.